The van der Waals surface area contributed by atoms with Crippen molar-refractivity contribution >= 4 is 17.3 Å². The van der Waals surface area contributed by atoms with Crippen LogP contribution in [-0.2, 0) is 9.53 Å². The molecule has 0 aromatic heterocycles. The SMILES string of the molecule is CCOC(=O)/C(C#N)=C/Nc1ccc(N(CC)C(C)C)cc1. The largest absolute Gasteiger partial charge is 0.462 e. The standard InChI is InChI=1S/C17H23N3O2/c1-5-20(13(3)4)16-9-7-15(8-10-16)19-12-14(11-18)17(21)22-6-2/h7-10,12-13,19H,5-6H2,1-4H3/b14-12+. The molecule has 0 radical (unpaired) electrons. The smallest absolute Gasteiger partial charge is 0.350 e. The number of anilines is 2. The molecule has 0 saturated carbocycles. The summed E-state index contributed by atoms with van der Waals surface area (Å²) in [6, 6.07) is 10.1. The van der Waals surface area contributed by atoms with Gasteiger partial charge < -0.3 is 15.0 Å². The molecule has 5 heteroatoms. The number of hydrogen-bond donors (Lipinski definition) is 1. The summed E-state index contributed by atoms with van der Waals surface area (Å²) in [6.07, 6.45) is 1.37. The van der Waals surface area contributed by atoms with Crippen molar-refractivity contribution in [2.24, 2.45) is 0 Å². The Balaban J connectivity index is 2.80. The maximum absolute atomic E-state index is 11.5. The van der Waals surface area contributed by atoms with Crippen LogP contribution in [0.25, 0.3) is 0 Å². The van der Waals surface area contributed by atoms with Crippen molar-refractivity contribution in [3.63, 3.8) is 0 Å². The Morgan fingerprint density at radius 3 is 2.45 bits per heavy atom. The van der Waals surface area contributed by atoms with Crippen LogP contribution in [0.15, 0.2) is 36.0 Å². The first-order chi connectivity index (χ1) is 10.5. The molecule has 0 atom stereocenters. The second-order valence-corrected chi connectivity index (χ2v) is 4.96. The fourth-order valence-corrected chi connectivity index (χ4v) is 2.10. The Hall–Kier alpha value is -2.48. The molecular weight excluding hydrogens is 278 g/mol. The van der Waals surface area contributed by atoms with E-state index >= 15 is 0 Å². The van der Waals surface area contributed by atoms with Crippen LogP contribution in [0.2, 0.25) is 0 Å². The number of nitrogens with one attached hydrogen (secondary N) is 1. The van der Waals surface area contributed by atoms with E-state index in [9.17, 15) is 4.79 Å². The molecule has 22 heavy (non-hydrogen) atoms. The zero-order valence-electron chi connectivity index (χ0n) is 13.6. The normalized spacial score (nSPS) is 11.0. The van der Waals surface area contributed by atoms with Crippen molar-refractivity contribution in [3.05, 3.63) is 36.0 Å². The van der Waals surface area contributed by atoms with Crippen LogP contribution in [0, 0.1) is 11.3 Å². The predicted octanol–water partition coefficient (Wildman–Crippen LogP) is 3.30. The Morgan fingerprint density at radius 1 is 1.36 bits per heavy atom. The Labute approximate surface area is 132 Å². The quantitative estimate of drug-likeness (QED) is 0.475. The van der Waals surface area contributed by atoms with Crippen LogP contribution in [0.5, 0.6) is 0 Å². The van der Waals surface area contributed by atoms with Crippen molar-refractivity contribution in [2.75, 3.05) is 23.4 Å². The van der Waals surface area contributed by atoms with E-state index in [1.807, 2.05) is 30.3 Å². The molecule has 0 heterocycles. The van der Waals surface area contributed by atoms with Gasteiger partial charge in [0.05, 0.1) is 6.61 Å². The van der Waals surface area contributed by atoms with E-state index in [1.165, 1.54) is 6.20 Å². The van der Waals surface area contributed by atoms with Gasteiger partial charge in [-0.1, -0.05) is 0 Å². The van der Waals surface area contributed by atoms with Crippen LogP contribution in [0.4, 0.5) is 11.4 Å². The molecule has 1 aromatic carbocycles. The molecule has 1 N–H and O–H groups in total. The lowest BCUT2D eigenvalue weighted by Crippen LogP contribution is -2.30. The van der Waals surface area contributed by atoms with Gasteiger partial charge in [-0.25, -0.2) is 4.79 Å². The molecular formula is C17H23N3O2. The molecule has 0 aliphatic carbocycles. The van der Waals surface area contributed by atoms with Crippen LogP contribution in [-0.4, -0.2) is 25.2 Å². The average Bonchev–Trinajstić information content (AvgIpc) is 2.50. The highest BCUT2D eigenvalue weighted by atomic mass is 16.5. The molecule has 0 saturated heterocycles. The Kier molecular flexibility index (Phi) is 6.97. The highest BCUT2D eigenvalue weighted by Gasteiger charge is 2.10. The third kappa shape index (κ3) is 4.81. The van der Waals surface area contributed by atoms with E-state index in [1.54, 1.807) is 6.92 Å². The summed E-state index contributed by atoms with van der Waals surface area (Å²) in [5.74, 6) is -0.619. The van der Waals surface area contributed by atoms with Crippen molar-refractivity contribution in [1.29, 1.82) is 5.26 Å². The molecule has 0 aliphatic heterocycles. The van der Waals surface area contributed by atoms with Crippen LogP contribution < -0.4 is 10.2 Å². The topological polar surface area (TPSA) is 65.4 Å². The summed E-state index contributed by atoms with van der Waals surface area (Å²) >= 11 is 0. The number of esters is 1. The zero-order chi connectivity index (χ0) is 16.5. The lowest BCUT2D eigenvalue weighted by molar-refractivity contribution is -0.138. The lowest BCUT2D eigenvalue weighted by Gasteiger charge is -2.27. The Bertz CT molecular complexity index is 556. The molecule has 1 aromatic rings. The number of carbonyl (C=O) groups is 1. The first-order valence-corrected chi connectivity index (χ1v) is 7.44. The summed E-state index contributed by atoms with van der Waals surface area (Å²) in [4.78, 5) is 13.8. The molecule has 5 nitrogen and oxygen atoms in total. The highest BCUT2D eigenvalue weighted by molar-refractivity contribution is 5.93. The number of carbonyl (C=O) groups excluding carboxylic acids is 1. The van der Waals surface area contributed by atoms with Gasteiger partial charge in [0.2, 0.25) is 0 Å². The summed E-state index contributed by atoms with van der Waals surface area (Å²) in [5.41, 5.74) is 1.89. The van der Waals surface area contributed by atoms with E-state index in [2.05, 4.69) is 31.0 Å². The minimum Gasteiger partial charge on any atom is -0.462 e. The first-order valence-electron chi connectivity index (χ1n) is 7.44. The van der Waals surface area contributed by atoms with Gasteiger partial charge in [0, 0.05) is 30.2 Å². The van der Waals surface area contributed by atoms with Crippen LogP contribution >= 0.6 is 0 Å². The first kappa shape index (κ1) is 17.6. The number of nitriles is 1. The van der Waals surface area contributed by atoms with Gasteiger partial charge in [0.25, 0.3) is 0 Å². The van der Waals surface area contributed by atoms with Gasteiger partial charge in [0.15, 0.2) is 5.57 Å². The summed E-state index contributed by atoms with van der Waals surface area (Å²) in [7, 11) is 0. The molecule has 118 valence electrons. The number of ether oxygens (including phenoxy) is 1. The molecule has 0 amide bonds. The van der Waals surface area contributed by atoms with E-state index < -0.39 is 5.97 Å². The monoisotopic (exact) mass is 301 g/mol. The van der Waals surface area contributed by atoms with E-state index in [0.29, 0.717) is 6.04 Å². The minimum atomic E-state index is -0.619. The van der Waals surface area contributed by atoms with Gasteiger partial charge in [-0.05, 0) is 52.0 Å². The number of benzene rings is 1. The fourth-order valence-electron chi connectivity index (χ4n) is 2.10. The van der Waals surface area contributed by atoms with Gasteiger partial charge in [-0.3, -0.25) is 0 Å². The van der Waals surface area contributed by atoms with E-state index in [-0.39, 0.29) is 12.2 Å². The molecule has 0 aliphatic rings. The van der Waals surface area contributed by atoms with Crippen molar-refractivity contribution < 1.29 is 9.53 Å². The molecule has 0 bridgehead atoms. The number of hydrogen-bond acceptors (Lipinski definition) is 5. The summed E-state index contributed by atoms with van der Waals surface area (Å²) in [6.45, 7) is 9.30. The van der Waals surface area contributed by atoms with Gasteiger partial charge in [-0.15, -0.1) is 0 Å². The Morgan fingerprint density at radius 2 is 2.00 bits per heavy atom. The second-order valence-electron chi connectivity index (χ2n) is 4.96. The second kappa shape index (κ2) is 8.73. The maximum atomic E-state index is 11.5. The van der Waals surface area contributed by atoms with Crippen LogP contribution in [0.1, 0.15) is 27.7 Å². The maximum Gasteiger partial charge on any atom is 0.350 e. The average molecular weight is 301 g/mol. The van der Waals surface area contributed by atoms with Crippen molar-refractivity contribution in [2.45, 2.75) is 33.7 Å². The molecule has 0 spiro atoms. The predicted molar refractivity (Wildman–Crippen MR) is 88.5 cm³/mol. The number of nitrogens with zero attached hydrogens (tertiary/aromatic N) is 2. The fraction of sp³-hybridized carbons (Fsp3) is 0.412. The lowest BCUT2D eigenvalue weighted by atomic mass is 10.2. The third-order valence-corrected chi connectivity index (χ3v) is 3.16. The number of rotatable bonds is 7. The third-order valence-electron chi connectivity index (χ3n) is 3.16. The van der Waals surface area contributed by atoms with Crippen molar-refractivity contribution in [3.8, 4) is 6.07 Å². The van der Waals surface area contributed by atoms with Gasteiger partial charge in [0.1, 0.15) is 6.07 Å². The van der Waals surface area contributed by atoms with Gasteiger partial charge >= 0.3 is 5.97 Å². The van der Waals surface area contributed by atoms with Gasteiger partial charge in [-0.2, -0.15) is 5.26 Å². The van der Waals surface area contributed by atoms with Crippen LogP contribution in [0.3, 0.4) is 0 Å². The molecule has 1 rings (SSSR count). The highest BCUT2D eigenvalue weighted by Crippen LogP contribution is 2.20. The van der Waals surface area contributed by atoms with Crippen molar-refractivity contribution in [1.82, 2.24) is 0 Å². The zero-order valence-corrected chi connectivity index (χ0v) is 13.6. The summed E-state index contributed by atoms with van der Waals surface area (Å²) in [5, 5.41) is 11.9. The minimum absolute atomic E-state index is 0.0525. The molecule has 0 fully saturated rings. The molecule has 0 unspecified atom stereocenters. The summed E-state index contributed by atoms with van der Waals surface area (Å²) < 4.78 is 4.80. The van der Waals surface area contributed by atoms with E-state index in [0.717, 1.165) is 17.9 Å². The van der Waals surface area contributed by atoms with E-state index in [4.69, 9.17) is 10.00 Å².